The van der Waals surface area contributed by atoms with Crippen molar-refractivity contribution in [1.29, 1.82) is 0 Å². The fraction of sp³-hybridized carbons (Fsp3) is 0.917. The summed E-state index contributed by atoms with van der Waals surface area (Å²) in [5.74, 6) is -0.154. The summed E-state index contributed by atoms with van der Waals surface area (Å²) in [6.45, 7) is 4.35. The Morgan fingerprint density at radius 3 is 2.33 bits per heavy atom. The Kier molecular flexibility index (Phi) is 2.53. The van der Waals surface area contributed by atoms with Crippen LogP contribution in [0.3, 0.4) is 0 Å². The molecule has 2 saturated carbocycles. The number of hydrogen-bond acceptors (Lipinski definition) is 2. The van der Waals surface area contributed by atoms with Crippen LogP contribution in [0.25, 0.3) is 0 Å². The molecule has 2 fully saturated rings. The third-order valence-electron chi connectivity index (χ3n) is 4.21. The molecule has 0 heterocycles. The Hall–Kier alpha value is -0.570. The fourth-order valence-electron chi connectivity index (χ4n) is 2.88. The van der Waals surface area contributed by atoms with Crippen LogP contribution in [0, 0.1) is 5.41 Å². The molecule has 0 saturated heterocycles. The molecule has 3 N–H and O–H groups in total. The van der Waals surface area contributed by atoms with Gasteiger partial charge < -0.3 is 11.1 Å². The molecule has 1 unspecified atom stereocenters. The second kappa shape index (κ2) is 3.48. The average molecular weight is 210 g/mol. The number of nitrogens with one attached hydrogen (secondary N) is 1. The largest absolute Gasteiger partial charge is 0.368 e. The van der Waals surface area contributed by atoms with Gasteiger partial charge in [-0.15, -0.1) is 0 Å². The lowest BCUT2D eigenvalue weighted by Crippen LogP contribution is -2.65. The quantitative estimate of drug-likeness (QED) is 0.742. The summed E-state index contributed by atoms with van der Waals surface area (Å²) in [6.07, 6.45) is 6.73. The van der Waals surface area contributed by atoms with Crippen molar-refractivity contribution in [2.45, 2.75) is 64.0 Å². The average Bonchev–Trinajstić information content (AvgIpc) is 2.92. The molecule has 3 heteroatoms. The summed E-state index contributed by atoms with van der Waals surface area (Å²) >= 11 is 0. The van der Waals surface area contributed by atoms with Gasteiger partial charge in [0.2, 0.25) is 5.91 Å². The number of carbonyl (C=O) groups is 1. The van der Waals surface area contributed by atoms with Crippen LogP contribution in [-0.2, 0) is 4.79 Å². The molecule has 1 amide bonds. The molecular weight excluding hydrogens is 188 g/mol. The maximum Gasteiger partial charge on any atom is 0.238 e. The van der Waals surface area contributed by atoms with Gasteiger partial charge in [0.05, 0.1) is 0 Å². The molecular formula is C12H22N2O. The SMILES string of the molecule is CC1(C)CCCCC1(NC1CC1)C(N)=O. The summed E-state index contributed by atoms with van der Waals surface area (Å²) < 4.78 is 0. The van der Waals surface area contributed by atoms with Crippen molar-refractivity contribution in [3.8, 4) is 0 Å². The van der Waals surface area contributed by atoms with Gasteiger partial charge in [0.1, 0.15) is 5.54 Å². The van der Waals surface area contributed by atoms with Crippen LogP contribution in [0.1, 0.15) is 52.4 Å². The minimum absolute atomic E-state index is 0.000324. The topological polar surface area (TPSA) is 55.1 Å². The van der Waals surface area contributed by atoms with E-state index >= 15 is 0 Å². The van der Waals surface area contributed by atoms with E-state index in [4.69, 9.17) is 5.73 Å². The van der Waals surface area contributed by atoms with Gasteiger partial charge in [-0.25, -0.2) is 0 Å². The third-order valence-corrected chi connectivity index (χ3v) is 4.21. The van der Waals surface area contributed by atoms with E-state index in [2.05, 4.69) is 19.2 Å². The van der Waals surface area contributed by atoms with Crippen LogP contribution in [0.4, 0.5) is 0 Å². The number of primary amides is 1. The summed E-state index contributed by atoms with van der Waals surface area (Å²) in [5, 5.41) is 3.52. The van der Waals surface area contributed by atoms with Crippen LogP contribution >= 0.6 is 0 Å². The molecule has 0 aromatic rings. The Morgan fingerprint density at radius 2 is 1.87 bits per heavy atom. The van der Waals surface area contributed by atoms with Crippen LogP contribution in [-0.4, -0.2) is 17.5 Å². The number of nitrogens with two attached hydrogens (primary N) is 1. The molecule has 86 valence electrons. The highest BCUT2D eigenvalue weighted by Crippen LogP contribution is 2.45. The Labute approximate surface area is 91.8 Å². The van der Waals surface area contributed by atoms with Crippen molar-refractivity contribution >= 4 is 5.91 Å². The van der Waals surface area contributed by atoms with Gasteiger partial charge in [0.15, 0.2) is 0 Å². The van der Waals surface area contributed by atoms with E-state index in [9.17, 15) is 4.79 Å². The highest BCUT2D eigenvalue weighted by atomic mass is 16.1. The van der Waals surface area contributed by atoms with Crippen molar-refractivity contribution in [2.75, 3.05) is 0 Å². The van der Waals surface area contributed by atoms with Gasteiger partial charge in [-0.1, -0.05) is 26.7 Å². The first kappa shape index (κ1) is 10.9. The van der Waals surface area contributed by atoms with E-state index < -0.39 is 5.54 Å². The lowest BCUT2D eigenvalue weighted by atomic mass is 9.62. The minimum atomic E-state index is -0.452. The molecule has 3 nitrogen and oxygen atoms in total. The highest BCUT2D eigenvalue weighted by Gasteiger charge is 2.52. The van der Waals surface area contributed by atoms with Crippen molar-refractivity contribution in [3.05, 3.63) is 0 Å². The lowest BCUT2D eigenvalue weighted by Gasteiger charge is -2.48. The van der Waals surface area contributed by atoms with E-state index in [1.165, 1.54) is 19.3 Å². The lowest BCUT2D eigenvalue weighted by molar-refractivity contribution is -0.132. The van der Waals surface area contributed by atoms with Gasteiger partial charge in [0.25, 0.3) is 0 Å². The van der Waals surface area contributed by atoms with E-state index in [-0.39, 0.29) is 11.3 Å². The smallest absolute Gasteiger partial charge is 0.238 e. The van der Waals surface area contributed by atoms with E-state index in [0.29, 0.717) is 6.04 Å². The van der Waals surface area contributed by atoms with Crippen LogP contribution in [0.5, 0.6) is 0 Å². The van der Waals surface area contributed by atoms with Gasteiger partial charge in [0, 0.05) is 6.04 Å². The normalized spacial score (nSPS) is 35.1. The molecule has 2 aliphatic rings. The van der Waals surface area contributed by atoms with Crippen molar-refractivity contribution < 1.29 is 4.79 Å². The molecule has 2 rings (SSSR count). The Morgan fingerprint density at radius 1 is 1.27 bits per heavy atom. The summed E-state index contributed by atoms with van der Waals surface area (Å²) in [7, 11) is 0. The number of rotatable bonds is 3. The van der Waals surface area contributed by atoms with Crippen molar-refractivity contribution in [1.82, 2.24) is 5.32 Å². The number of amides is 1. The third kappa shape index (κ3) is 1.78. The molecule has 0 spiro atoms. The fourth-order valence-corrected chi connectivity index (χ4v) is 2.88. The van der Waals surface area contributed by atoms with Crippen molar-refractivity contribution in [2.24, 2.45) is 11.1 Å². The Balaban J connectivity index is 2.24. The molecule has 0 aliphatic heterocycles. The minimum Gasteiger partial charge on any atom is -0.368 e. The molecule has 0 bridgehead atoms. The molecule has 0 aromatic carbocycles. The molecule has 0 radical (unpaired) electrons. The first-order chi connectivity index (χ1) is 6.98. The summed E-state index contributed by atoms with van der Waals surface area (Å²) in [6, 6.07) is 0.537. The highest BCUT2D eigenvalue weighted by molar-refractivity contribution is 5.86. The van der Waals surface area contributed by atoms with Gasteiger partial charge >= 0.3 is 0 Å². The van der Waals surface area contributed by atoms with Gasteiger partial charge in [-0.2, -0.15) is 0 Å². The monoisotopic (exact) mass is 210 g/mol. The molecule has 2 aliphatic carbocycles. The van der Waals surface area contributed by atoms with E-state index in [1.807, 2.05) is 0 Å². The zero-order valence-corrected chi connectivity index (χ0v) is 9.81. The van der Waals surface area contributed by atoms with Gasteiger partial charge in [-0.3, -0.25) is 4.79 Å². The second-order valence-electron chi connectivity index (χ2n) is 5.78. The first-order valence-electron chi connectivity index (χ1n) is 6.06. The van der Waals surface area contributed by atoms with Crippen LogP contribution in [0.15, 0.2) is 0 Å². The van der Waals surface area contributed by atoms with Crippen LogP contribution < -0.4 is 11.1 Å². The predicted molar refractivity (Wildman–Crippen MR) is 60.3 cm³/mol. The second-order valence-corrected chi connectivity index (χ2v) is 5.78. The molecule has 15 heavy (non-hydrogen) atoms. The first-order valence-corrected chi connectivity index (χ1v) is 6.06. The summed E-state index contributed by atoms with van der Waals surface area (Å²) in [5.41, 5.74) is 5.20. The van der Waals surface area contributed by atoms with Crippen molar-refractivity contribution in [3.63, 3.8) is 0 Å². The number of carbonyl (C=O) groups excluding carboxylic acids is 1. The van der Waals surface area contributed by atoms with Gasteiger partial charge in [-0.05, 0) is 31.1 Å². The standard InChI is InChI=1S/C12H22N2O/c1-11(2)7-3-4-8-12(11,10(13)15)14-9-5-6-9/h9,14H,3-8H2,1-2H3,(H2,13,15). The van der Waals surface area contributed by atoms with E-state index in [1.54, 1.807) is 0 Å². The maximum absolute atomic E-state index is 11.8. The summed E-state index contributed by atoms with van der Waals surface area (Å²) in [4.78, 5) is 11.8. The van der Waals surface area contributed by atoms with Crippen LogP contribution in [0.2, 0.25) is 0 Å². The van der Waals surface area contributed by atoms with E-state index in [0.717, 1.165) is 19.3 Å². The molecule has 0 aromatic heterocycles. The predicted octanol–water partition coefficient (Wildman–Crippen LogP) is 1.56. The zero-order chi connectivity index (χ0) is 11.1. The zero-order valence-electron chi connectivity index (χ0n) is 9.81. The number of hydrogen-bond donors (Lipinski definition) is 2. The Bertz CT molecular complexity index is 271. The molecule has 1 atom stereocenters. The maximum atomic E-state index is 11.8.